The molecule has 1 aromatic heterocycles. The third kappa shape index (κ3) is 3.11. The lowest BCUT2D eigenvalue weighted by atomic mass is 9.73. The van der Waals surface area contributed by atoms with Crippen LogP contribution in [0.3, 0.4) is 0 Å². The number of carbonyl (C=O) groups excluding carboxylic acids is 2. The third-order valence-electron chi connectivity index (χ3n) is 6.38. The van der Waals surface area contributed by atoms with Gasteiger partial charge >= 0.3 is 5.69 Å². The first-order chi connectivity index (χ1) is 12.8. The van der Waals surface area contributed by atoms with Gasteiger partial charge in [0.1, 0.15) is 5.69 Å². The van der Waals surface area contributed by atoms with Crippen LogP contribution in [-0.4, -0.2) is 56.4 Å². The lowest BCUT2D eigenvalue weighted by Gasteiger charge is -2.48. The monoisotopic (exact) mass is 374 g/mol. The zero-order valence-corrected chi connectivity index (χ0v) is 15.9. The molecule has 3 aliphatic rings. The highest BCUT2D eigenvalue weighted by atomic mass is 16.2. The van der Waals surface area contributed by atoms with Crippen molar-refractivity contribution in [1.29, 1.82) is 0 Å². The number of hydrogen-bond acceptors (Lipinski definition) is 4. The van der Waals surface area contributed by atoms with Crippen LogP contribution < -0.4 is 11.2 Å². The standard InChI is InChI=1S/C19H26N4O4/c1-20-14(10-16(25)21(2)18(20)27)17(26)22-9-3-7-19(11-22)8-6-15(24)23(12-19)13-4-5-13/h10,13H,3-9,11-12H2,1-2H3/t19-/m1/s1. The Hall–Kier alpha value is -2.38. The van der Waals surface area contributed by atoms with Gasteiger partial charge in [0.05, 0.1) is 0 Å². The topological polar surface area (TPSA) is 84.6 Å². The summed E-state index contributed by atoms with van der Waals surface area (Å²) in [7, 11) is 2.92. The maximum absolute atomic E-state index is 13.1. The summed E-state index contributed by atoms with van der Waals surface area (Å²) in [5.41, 5.74) is -0.911. The first-order valence-corrected chi connectivity index (χ1v) is 9.67. The minimum atomic E-state index is -0.499. The van der Waals surface area contributed by atoms with Crippen LogP contribution in [0.25, 0.3) is 0 Å². The average Bonchev–Trinajstić information content (AvgIpc) is 3.50. The highest BCUT2D eigenvalue weighted by molar-refractivity contribution is 5.92. The second kappa shape index (κ2) is 6.35. The van der Waals surface area contributed by atoms with E-state index in [2.05, 4.69) is 0 Å². The van der Waals surface area contributed by atoms with E-state index in [9.17, 15) is 19.2 Å². The molecule has 3 fully saturated rings. The van der Waals surface area contributed by atoms with Gasteiger partial charge in [0.25, 0.3) is 11.5 Å². The van der Waals surface area contributed by atoms with E-state index in [4.69, 9.17) is 0 Å². The molecule has 1 atom stereocenters. The van der Waals surface area contributed by atoms with E-state index in [1.165, 1.54) is 24.7 Å². The van der Waals surface area contributed by atoms with Gasteiger partial charge in [-0.05, 0) is 32.1 Å². The fourth-order valence-electron chi connectivity index (χ4n) is 4.58. The summed E-state index contributed by atoms with van der Waals surface area (Å²) in [5.74, 6) is -0.0400. The van der Waals surface area contributed by atoms with Gasteiger partial charge in [-0.2, -0.15) is 0 Å². The lowest BCUT2D eigenvalue weighted by molar-refractivity contribution is -0.139. The summed E-state index contributed by atoms with van der Waals surface area (Å²) in [4.78, 5) is 53.3. The van der Waals surface area contributed by atoms with Gasteiger partial charge in [-0.25, -0.2) is 4.79 Å². The van der Waals surface area contributed by atoms with E-state index >= 15 is 0 Å². The smallest absolute Gasteiger partial charge is 0.331 e. The second-order valence-electron chi connectivity index (χ2n) is 8.35. The molecule has 0 N–H and O–H groups in total. The molecule has 0 radical (unpaired) electrons. The number of amides is 2. The van der Waals surface area contributed by atoms with Gasteiger partial charge in [-0.15, -0.1) is 0 Å². The summed E-state index contributed by atoms with van der Waals surface area (Å²) in [5, 5.41) is 0. The quantitative estimate of drug-likeness (QED) is 0.734. The summed E-state index contributed by atoms with van der Waals surface area (Å²) in [6, 6.07) is 1.63. The zero-order valence-electron chi connectivity index (χ0n) is 15.9. The Morgan fingerprint density at radius 3 is 2.52 bits per heavy atom. The third-order valence-corrected chi connectivity index (χ3v) is 6.38. The fourth-order valence-corrected chi connectivity index (χ4v) is 4.58. The van der Waals surface area contributed by atoms with Crippen LogP contribution in [0.5, 0.6) is 0 Å². The van der Waals surface area contributed by atoms with E-state index in [0.717, 1.165) is 43.2 Å². The Bertz CT molecular complexity index is 913. The highest BCUT2D eigenvalue weighted by Crippen LogP contribution is 2.42. The second-order valence-corrected chi connectivity index (χ2v) is 8.35. The molecule has 1 aliphatic carbocycles. The molecule has 1 spiro atoms. The maximum atomic E-state index is 13.1. The maximum Gasteiger partial charge on any atom is 0.331 e. The summed E-state index contributed by atoms with van der Waals surface area (Å²) >= 11 is 0. The minimum absolute atomic E-state index is 0.0665. The van der Waals surface area contributed by atoms with Gasteiger partial charge in [0.15, 0.2) is 0 Å². The van der Waals surface area contributed by atoms with Crippen molar-refractivity contribution in [3.05, 3.63) is 32.6 Å². The van der Waals surface area contributed by atoms with E-state index in [0.29, 0.717) is 25.6 Å². The van der Waals surface area contributed by atoms with Crippen molar-refractivity contribution in [2.45, 2.75) is 44.6 Å². The Balaban J connectivity index is 1.58. The zero-order chi connectivity index (χ0) is 19.3. The average molecular weight is 374 g/mol. The first kappa shape index (κ1) is 18.0. The van der Waals surface area contributed by atoms with E-state index in [1.54, 1.807) is 4.90 Å². The number of carbonyl (C=O) groups is 2. The van der Waals surface area contributed by atoms with Crippen molar-refractivity contribution in [3.63, 3.8) is 0 Å². The highest BCUT2D eigenvalue weighted by Gasteiger charge is 2.46. The van der Waals surface area contributed by atoms with Crippen molar-refractivity contribution in [2.24, 2.45) is 19.5 Å². The predicted octanol–water partition coefficient (Wildman–Crippen LogP) is 0.0912. The molecule has 2 amide bonds. The minimum Gasteiger partial charge on any atom is -0.339 e. The van der Waals surface area contributed by atoms with Gasteiger partial charge in [-0.3, -0.25) is 23.5 Å². The molecule has 3 heterocycles. The molecular formula is C19H26N4O4. The molecule has 2 aliphatic heterocycles. The lowest BCUT2D eigenvalue weighted by Crippen LogP contribution is -2.56. The van der Waals surface area contributed by atoms with Crippen LogP contribution in [0, 0.1) is 5.41 Å². The normalized spacial score (nSPS) is 25.9. The Morgan fingerprint density at radius 2 is 1.81 bits per heavy atom. The van der Waals surface area contributed by atoms with E-state index < -0.39 is 11.2 Å². The van der Waals surface area contributed by atoms with Crippen LogP contribution in [0.15, 0.2) is 15.7 Å². The summed E-state index contributed by atoms with van der Waals surface area (Å²) in [6.07, 6.45) is 5.39. The van der Waals surface area contributed by atoms with E-state index in [1.807, 2.05) is 4.90 Å². The molecule has 8 nitrogen and oxygen atoms in total. The number of nitrogens with zero attached hydrogens (tertiary/aromatic N) is 4. The van der Waals surface area contributed by atoms with E-state index in [-0.39, 0.29) is 22.9 Å². The van der Waals surface area contributed by atoms with Crippen LogP contribution >= 0.6 is 0 Å². The molecule has 2 saturated heterocycles. The largest absolute Gasteiger partial charge is 0.339 e. The molecule has 1 saturated carbocycles. The van der Waals surface area contributed by atoms with Crippen molar-refractivity contribution in [3.8, 4) is 0 Å². The molecule has 0 unspecified atom stereocenters. The Labute approximate surface area is 157 Å². The molecule has 27 heavy (non-hydrogen) atoms. The Morgan fingerprint density at radius 1 is 1.07 bits per heavy atom. The first-order valence-electron chi connectivity index (χ1n) is 9.67. The van der Waals surface area contributed by atoms with Gasteiger partial charge in [0, 0.05) is 57.7 Å². The van der Waals surface area contributed by atoms with Gasteiger partial charge < -0.3 is 9.80 Å². The number of rotatable bonds is 2. The van der Waals surface area contributed by atoms with Gasteiger partial charge in [-0.1, -0.05) is 0 Å². The molecule has 0 aromatic carbocycles. The van der Waals surface area contributed by atoms with Crippen molar-refractivity contribution in [1.82, 2.24) is 18.9 Å². The number of hydrogen-bond donors (Lipinski definition) is 0. The molecule has 0 bridgehead atoms. The molecule has 8 heteroatoms. The summed E-state index contributed by atoms with van der Waals surface area (Å²) < 4.78 is 2.24. The van der Waals surface area contributed by atoms with Crippen molar-refractivity contribution >= 4 is 11.8 Å². The van der Waals surface area contributed by atoms with Crippen LogP contribution in [0.1, 0.15) is 49.0 Å². The number of piperidine rings is 2. The predicted molar refractivity (Wildman–Crippen MR) is 98.5 cm³/mol. The molecule has 1 aromatic rings. The van der Waals surface area contributed by atoms with Crippen LogP contribution in [-0.2, 0) is 18.9 Å². The van der Waals surface area contributed by atoms with Crippen molar-refractivity contribution in [2.75, 3.05) is 19.6 Å². The van der Waals surface area contributed by atoms with Crippen molar-refractivity contribution < 1.29 is 9.59 Å². The molecular weight excluding hydrogens is 348 g/mol. The molecule has 146 valence electrons. The Kier molecular flexibility index (Phi) is 4.24. The number of likely N-dealkylation sites (tertiary alicyclic amines) is 2. The van der Waals surface area contributed by atoms with Crippen LogP contribution in [0.2, 0.25) is 0 Å². The molecule has 4 rings (SSSR count). The van der Waals surface area contributed by atoms with Crippen LogP contribution in [0.4, 0.5) is 0 Å². The number of aromatic nitrogens is 2. The van der Waals surface area contributed by atoms with Gasteiger partial charge in [0.2, 0.25) is 5.91 Å². The SMILES string of the molecule is Cn1c(C(=O)N2CCC[C@@]3(CCC(=O)N(C4CC4)C3)C2)cc(=O)n(C)c1=O. The fraction of sp³-hybridized carbons (Fsp3) is 0.684. The summed E-state index contributed by atoms with van der Waals surface area (Å²) in [6.45, 7) is 1.91.